The first kappa shape index (κ1) is 16.7. The number of amides is 1. The predicted octanol–water partition coefficient (Wildman–Crippen LogP) is 1.50. The maximum Gasteiger partial charge on any atom is 0.331 e. The van der Waals surface area contributed by atoms with Gasteiger partial charge in [-0.15, -0.1) is 0 Å². The van der Waals surface area contributed by atoms with Crippen LogP contribution in [0.2, 0.25) is 0 Å². The van der Waals surface area contributed by atoms with Crippen LogP contribution >= 0.6 is 0 Å². The van der Waals surface area contributed by atoms with Gasteiger partial charge in [0.25, 0.3) is 5.91 Å². The van der Waals surface area contributed by atoms with Crippen LogP contribution in [-0.4, -0.2) is 30.1 Å². The van der Waals surface area contributed by atoms with Crippen molar-refractivity contribution in [3.63, 3.8) is 0 Å². The first-order valence-corrected chi connectivity index (χ1v) is 7.43. The fourth-order valence-corrected chi connectivity index (χ4v) is 2.33. The van der Waals surface area contributed by atoms with Crippen molar-refractivity contribution in [1.29, 1.82) is 0 Å². The van der Waals surface area contributed by atoms with Gasteiger partial charge in [-0.05, 0) is 12.5 Å². The molecular weight excluding hydrogens is 298 g/mol. The SMILES string of the molecule is CCOC(=O)CC1(C(=O)NCc2ccccc2)CC=CC(=O)O1. The number of ether oxygens (including phenoxy) is 2. The number of carbonyl (C=O) groups excluding carboxylic acids is 3. The molecule has 6 nitrogen and oxygen atoms in total. The van der Waals surface area contributed by atoms with E-state index < -0.39 is 23.4 Å². The Bertz CT molecular complexity index is 611. The van der Waals surface area contributed by atoms with E-state index in [-0.39, 0.29) is 26.0 Å². The number of hydrogen-bond acceptors (Lipinski definition) is 5. The van der Waals surface area contributed by atoms with Gasteiger partial charge in [-0.3, -0.25) is 9.59 Å². The summed E-state index contributed by atoms with van der Waals surface area (Å²) in [4.78, 5) is 35.9. The number of rotatable bonds is 6. The number of carbonyl (C=O) groups is 3. The van der Waals surface area contributed by atoms with Gasteiger partial charge in [-0.1, -0.05) is 36.4 Å². The van der Waals surface area contributed by atoms with Gasteiger partial charge in [0, 0.05) is 19.0 Å². The Labute approximate surface area is 134 Å². The summed E-state index contributed by atoms with van der Waals surface area (Å²) in [5.41, 5.74) is -0.642. The summed E-state index contributed by atoms with van der Waals surface area (Å²) >= 11 is 0. The van der Waals surface area contributed by atoms with E-state index in [2.05, 4.69) is 5.32 Å². The van der Waals surface area contributed by atoms with Crippen molar-refractivity contribution in [3.8, 4) is 0 Å². The standard InChI is InChI=1S/C17H19NO5/c1-2-22-15(20)11-17(10-6-9-14(19)23-17)16(21)18-12-13-7-4-3-5-8-13/h3-9H,2,10-12H2,1H3,(H,18,21). The zero-order chi connectivity index (χ0) is 16.7. The molecule has 122 valence electrons. The molecule has 1 aliphatic rings. The maximum atomic E-state index is 12.5. The van der Waals surface area contributed by atoms with Crippen molar-refractivity contribution in [2.24, 2.45) is 0 Å². The first-order chi connectivity index (χ1) is 11.1. The van der Waals surface area contributed by atoms with Crippen LogP contribution in [0.3, 0.4) is 0 Å². The van der Waals surface area contributed by atoms with E-state index in [1.54, 1.807) is 6.92 Å². The van der Waals surface area contributed by atoms with Crippen molar-refractivity contribution < 1.29 is 23.9 Å². The van der Waals surface area contributed by atoms with Crippen LogP contribution in [0.15, 0.2) is 42.5 Å². The second-order valence-electron chi connectivity index (χ2n) is 5.17. The van der Waals surface area contributed by atoms with E-state index in [9.17, 15) is 14.4 Å². The Morgan fingerprint density at radius 3 is 2.70 bits per heavy atom. The van der Waals surface area contributed by atoms with Crippen molar-refractivity contribution in [1.82, 2.24) is 5.32 Å². The summed E-state index contributed by atoms with van der Waals surface area (Å²) < 4.78 is 10.1. The summed E-state index contributed by atoms with van der Waals surface area (Å²) in [6.45, 7) is 2.16. The van der Waals surface area contributed by atoms with E-state index in [1.807, 2.05) is 30.3 Å². The topological polar surface area (TPSA) is 81.7 Å². The Morgan fingerprint density at radius 1 is 1.30 bits per heavy atom. The molecule has 1 unspecified atom stereocenters. The molecule has 1 atom stereocenters. The summed E-state index contributed by atoms with van der Waals surface area (Å²) in [6.07, 6.45) is 2.61. The number of esters is 2. The fraction of sp³-hybridized carbons (Fsp3) is 0.353. The number of cyclic esters (lactones) is 1. The summed E-state index contributed by atoms with van der Waals surface area (Å²) in [5.74, 6) is -1.73. The molecule has 0 fully saturated rings. The highest BCUT2D eigenvalue weighted by Crippen LogP contribution is 2.26. The van der Waals surface area contributed by atoms with Crippen molar-refractivity contribution in [2.45, 2.75) is 31.9 Å². The summed E-state index contributed by atoms with van der Waals surface area (Å²) in [6, 6.07) is 9.33. The largest absolute Gasteiger partial charge is 0.466 e. The molecule has 1 N–H and O–H groups in total. The molecule has 1 heterocycles. The van der Waals surface area contributed by atoms with Crippen LogP contribution in [0.4, 0.5) is 0 Å². The van der Waals surface area contributed by atoms with Gasteiger partial charge in [0.2, 0.25) is 5.60 Å². The molecule has 0 bridgehead atoms. The monoisotopic (exact) mass is 317 g/mol. The van der Waals surface area contributed by atoms with Crippen LogP contribution in [-0.2, 0) is 30.4 Å². The smallest absolute Gasteiger partial charge is 0.331 e. The molecule has 0 radical (unpaired) electrons. The molecule has 0 saturated heterocycles. The lowest BCUT2D eigenvalue weighted by atomic mass is 9.92. The average Bonchev–Trinajstić information content (AvgIpc) is 2.53. The number of benzene rings is 1. The van der Waals surface area contributed by atoms with Gasteiger partial charge in [0.1, 0.15) is 0 Å². The summed E-state index contributed by atoms with van der Waals surface area (Å²) in [5, 5.41) is 2.72. The molecule has 1 amide bonds. The summed E-state index contributed by atoms with van der Waals surface area (Å²) in [7, 11) is 0. The molecule has 1 aliphatic heterocycles. The minimum atomic E-state index is -1.55. The predicted molar refractivity (Wildman–Crippen MR) is 82.1 cm³/mol. The highest BCUT2D eigenvalue weighted by Gasteiger charge is 2.45. The lowest BCUT2D eigenvalue weighted by molar-refractivity contribution is -0.172. The molecule has 2 rings (SSSR count). The van der Waals surface area contributed by atoms with Crippen molar-refractivity contribution in [2.75, 3.05) is 6.61 Å². The number of hydrogen-bond donors (Lipinski definition) is 1. The molecule has 0 aliphatic carbocycles. The minimum Gasteiger partial charge on any atom is -0.466 e. The van der Waals surface area contributed by atoms with Gasteiger partial charge in [0.15, 0.2) is 0 Å². The molecule has 0 saturated carbocycles. The van der Waals surface area contributed by atoms with Crippen LogP contribution in [0.25, 0.3) is 0 Å². The Morgan fingerprint density at radius 2 is 2.04 bits per heavy atom. The number of nitrogens with one attached hydrogen (secondary N) is 1. The Kier molecular flexibility index (Phi) is 5.51. The second kappa shape index (κ2) is 7.58. The van der Waals surface area contributed by atoms with E-state index >= 15 is 0 Å². The highest BCUT2D eigenvalue weighted by molar-refractivity contribution is 5.95. The van der Waals surface area contributed by atoms with E-state index in [0.29, 0.717) is 0 Å². The van der Waals surface area contributed by atoms with Gasteiger partial charge >= 0.3 is 11.9 Å². The molecule has 1 aromatic carbocycles. The van der Waals surface area contributed by atoms with Crippen LogP contribution in [0, 0.1) is 0 Å². The fourth-order valence-electron chi connectivity index (χ4n) is 2.33. The first-order valence-electron chi connectivity index (χ1n) is 7.43. The third-order valence-electron chi connectivity index (χ3n) is 3.44. The maximum absolute atomic E-state index is 12.5. The quantitative estimate of drug-likeness (QED) is 0.804. The van der Waals surface area contributed by atoms with Crippen molar-refractivity contribution in [3.05, 3.63) is 48.0 Å². The highest BCUT2D eigenvalue weighted by atomic mass is 16.6. The molecular formula is C17H19NO5. The lowest BCUT2D eigenvalue weighted by Gasteiger charge is -2.32. The lowest BCUT2D eigenvalue weighted by Crippen LogP contribution is -2.52. The van der Waals surface area contributed by atoms with Crippen molar-refractivity contribution >= 4 is 17.8 Å². The molecule has 1 aromatic rings. The van der Waals surface area contributed by atoms with Gasteiger partial charge in [-0.2, -0.15) is 0 Å². The molecule has 6 heteroatoms. The van der Waals surface area contributed by atoms with E-state index in [4.69, 9.17) is 9.47 Å². The Balaban J connectivity index is 2.09. The van der Waals surface area contributed by atoms with Gasteiger partial charge in [-0.25, -0.2) is 4.79 Å². The zero-order valence-electron chi connectivity index (χ0n) is 12.9. The third-order valence-corrected chi connectivity index (χ3v) is 3.44. The van der Waals surface area contributed by atoms with E-state index in [0.717, 1.165) is 5.56 Å². The van der Waals surface area contributed by atoms with Gasteiger partial charge in [0.05, 0.1) is 13.0 Å². The second-order valence-corrected chi connectivity index (χ2v) is 5.17. The average molecular weight is 317 g/mol. The Hall–Kier alpha value is -2.63. The molecule has 0 aromatic heterocycles. The van der Waals surface area contributed by atoms with Crippen LogP contribution in [0.1, 0.15) is 25.3 Å². The van der Waals surface area contributed by atoms with Crippen LogP contribution in [0.5, 0.6) is 0 Å². The minimum absolute atomic E-state index is 0.137. The van der Waals surface area contributed by atoms with Gasteiger partial charge < -0.3 is 14.8 Å². The molecule has 0 spiro atoms. The third kappa shape index (κ3) is 4.42. The molecule has 23 heavy (non-hydrogen) atoms. The normalized spacial score (nSPS) is 19.8. The zero-order valence-corrected chi connectivity index (χ0v) is 12.9. The van der Waals surface area contributed by atoms with E-state index in [1.165, 1.54) is 12.2 Å². The van der Waals surface area contributed by atoms with Crippen LogP contribution < -0.4 is 5.32 Å².